The number of nitrogens with zero attached hydrogens (tertiary/aromatic N) is 1. The van der Waals surface area contributed by atoms with E-state index in [1.165, 1.54) is 32.4 Å². The number of nitrogens with one attached hydrogen (secondary N) is 1. The molecule has 18 heavy (non-hydrogen) atoms. The van der Waals surface area contributed by atoms with Crippen LogP contribution in [0.4, 0.5) is 0 Å². The molecule has 0 saturated carbocycles. The van der Waals surface area contributed by atoms with Crippen molar-refractivity contribution in [3.8, 4) is 0 Å². The highest BCUT2D eigenvalue weighted by Gasteiger charge is 2.15. The molecule has 2 nitrogen and oxygen atoms in total. The Balaban J connectivity index is 3.99. The highest BCUT2D eigenvalue weighted by atomic mass is 15.1. The fourth-order valence-electron chi connectivity index (χ4n) is 2.07. The Hall–Kier alpha value is -0.0800. The van der Waals surface area contributed by atoms with Gasteiger partial charge in [0.25, 0.3) is 0 Å². The zero-order valence-electron chi connectivity index (χ0n) is 13.8. The molecule has 0 fully saturated rings. The van der Waals surface area contributed by atoms with Gasteiger partial charge in [-0.15, -0.1) is 0 Å². The molecule has 0 saturated heterocycles. The summed E-state index contributed by atoms with van der Waals surface area (Å²) in [6.07, 6.45) is 4.01. The molecular formula is C16H36N2. The maximum Gasteiger partial charge on any atom is 0.00966 e. The molecule has 2 heteroatoms. The first-order valence-electron chi connectivity index (χ1n) is 7.75. The normalized spacial score (nSPS) is 14.5. The van der Waals surface area contributed by atoms with Gasteiger partial charge >= 0.3 is 0 Å². The van der Waals surface area contributed by atoms with Gasteiger partial charge in [0.05, 0.1) is 0 Å². The third kappa shape index (κ3) is 9.90. The second-order valence-electron chi connectivity index (χ2n) is 7.03. The van der Waals surface area contributed by atoms with E-state index in [0.717, 1.165) is 6.54 Å². The lowest BCUT2D eigenvalue weighted by molar-refractivity contribution is 0.183. The zero-order valence-corrected chi connectivity index (χ0v) is 13.8. The standard InChI is InChI=1S/C16H36N2/c1-8-9-10-11-18(14(2)3)13-15(4)12-17-16(5,6)7/h14-15,17H,8-13H2,1-7H3. The topological polar surface area (TPSA) is 15.3 Å². The van der Waals surface area contributed by atoms with Crippen LogP contribution in [0.15, 0.2) is 0 Å². The Kier molecular flexibility index (Phi) is 8.89. The number of hydrogen-bond donors (Lipinski definition) is 1. The van der Waals surface area contributed by atoms with Gasteiger partial charge in [-0.25, -0.2) is 0 Å². The Morgan fingerprint density at radius 3 is 2.11 bits per heavy atom. The molecule has 0 amide bonds. The summed E-state index contributed by atoms with van der Waals surface area (Å²) >= 11 is 0. The molecule has 0 aliphatic rings. The monoisotopic (exact) mass is 256 g/mol. The first-order chi connectivity index (χ1) is 8.26. The van der Waals surface area contributed by atoms with E-state index in [-0.39, 0.29) is 5.54 Å². The minimum absolute atomic E-state index is 0.235. The Morgan fingerprint density at radius 1 is 1.06 bits per heavy atom. The van der Waals surface area contributed by atoms with E-state index >= 15 is 0 Å². The van der Waals surface area contributed by atoms with Crippen molar-refractivity contribution in [3.63, 3.8) is 0 Å². The molecule has 0 heterocycles. The molecule has 0 aliphatic carbocycles. The largest absolute Gasteiger partial charge is 0.312 e. The van der Waals surface area contributed by atoms with Crippen molar-refractivity contribution >= 4 is 0 Å². The van der Waals surface area contributed by atoms with Crippen LogP contribution in [0, 0.1) is 5.92 Å². The third-order valence-electron chi connectivity index (χ3n) is 3.31. The van der Waals surface area contributed by atoms with Crippen LogP contribution in [-0.4, -0.2) is 36.1 Å². The molecule has 1 unspecified atom stereocenters. The number of rotatable bonds is 9. The Labute approximate surface area is 116 Å². The summed E-state index contributed by atoms with van der Waals surface area (Å²) < 4.78 is 0. The van der Waals surface area contributed by atoms with Gasteiger partial charge in [-0.2, -0.15) is 0 Å². The SMILES string of the molecule is CCCCCN(CC(C)CNC(C)(C)C)C(C)C. The summed E-state index contributed by atoms with van der Waals surface area (Å²) in [5.41, 5.74) is 0.235. The van der Waals surface area contributed by atoms with Crippen LogP contribution in [0.1, 0.15) is 67.7 Å². The van der Waals surface area contributed by atoms with Crippen molar-refractivity contribution in [1.82, 2.24) is 10.2 Å². The van der Waals surface area contributed by atoms with Crippen LogP contribution in [0.5, 0.6) is 0 Å². The zero-order chi connectivity index (χ0) is 14.2. The van der Waals surface area contributed by atoms with Crippen molar-refractivity contribution in [2.24, 2.45) is 5.92 Å². The lowest BCUT2D eigenvalue weighted by atomic mass is 10.1. The summed E-state index contributed by atoms with van der Waals surface area (Å²) in [4.78, 5) is 2.63. The van der Waals surface area contributed by atoms with Gasteiger partial charge in [-0.3, -0.25) is 0 Å². The molecule has 0 rings (SSSR count). The molecule has 1 N–H and O–H groups in total. The second kappa shape index (κ2) is 8.92. The van der Waals surface area contributed by atoms with Crippen molar-refractivity contribution in [2.45, 2.75) is 79.3 Å². The molecule has 0 spiro atoms. The maximum atomic E-state index is 3.61. The quantitative estimate of drug-likeness (QED) is 0.629. The minimum Gasteiger partial charge on any atom is -0.312 e. The van der Waals surface area contributed by atoms with Crippen LogP contribution in [0.3, 0.4) is 0 Å². The average molecular weight is 256 g/mol. The Bertz CT molecular complexity index is 194. The van der Waals surface area contributed by atoms with Gasteiger partial charge in [-0.1, -0.05) is 26.7 Å². The lowest BCUT2D eigenvalue weighted by Crippen LogP contribution is -2.43. The predicted octanol–water partition coefficient (Wildman–Crippen LogP) is 3.91. The predicted molar refractivity (Wildman–Crippen MR) is 83.2 cm³/mol. The molecule has 1 atom stereocenters. The van der Waals surface area contributed by atoms with Crippen LogP contribution in [0.2, 0.25) is 0 Å². The van der Waals surface area contributed by atoms with E-state index in [1.54, 1.807) is 0 Å². The molecule has 110 valence electrons. The molecular weight excluding hydrogens is 220 g/mol. The van der Waals surface area contributed by atoms with Crippen molar-refractivity contribution in [3.05, 3.63) is 0 Å². The highest BCUT2D eigenvalue weighted by Crippen LogP contribution is 2.08. The van der Waals surface area contributed by atoms with E-state index in [4.69, 9.17) is 0 Å². The highest BCUT2D eigenvalue weighted by molar-refractivity contribution is 4.74. The smallest absolute Gasteiger partial charge is 0.00966 e. The lowest BCUT2D eigenvalue weighted by Gasteiger charge is -2.31. The molecule has 0 radical (unpaired) electrons. The van der Waals surface area contributed by atoms with Gasteiger partial charge in [0.2, 0.25) is 0 Å². The van der Waals surface area contributed by atoms with Gasteiger partial charge in [0, 0.05) is 18.1 Å². The van der Waals surface area contributed by atoms with Crippen LogP contribution < -0.4 is 5.32 Å². The van der Waals surface area contributed by atoms with Gasteiger partial charge in [-0.05, 0) is 60.0 Å². The fourth-order valence-corrected chi connectivity index (χ4v) is 2.07. The summed E-state index contributed by atoms with van der Waals surface area (Å²) in [6.45, 7) is 19.6. The van der Waals surface area contributed by atoms with E-state index in [2.05, 4.69) is 58.7 Å². The van der Waals surface area contributed by atoms with E-state index in [0.29, 0.717) is 12.0 Å². The van der Waals surface area contributed by atoms with Crippen molar-refractivity contribution < 1.29 is 0 Å². The van der Waals surface area contributed by atoms with E-state index < -0.39 is 0 Å². The number of unbranched alkanes of at least 4 members (excludes halogenated alkanes) is 2. The first kappa shape index (κ1) is 17.9. The van der Waals surface area contributed by atoms with Gasteiger partial charge in [0.1, 0.15) is 0 Å². The molecule has 0 aromatic rings. The van der Waals surface area contributed by atoms with E-state index in [9.17, 15) is 0 Å². The maximum absolute atomic E-state index is 3.61. The van der Waals surface area contributed by atoms with Crippen LogP contribution in [0.25, 0.3) is 0 Å². The molecule has 0 aromatic heterocycles. The van der Waals surface area contributed by atoms with Gasteiger partial charge in [0.15, 0.2) is 0 Å². The second-order valence-corrected chi connectivity index (χ2v) is 7.03. The fraction of sp³-hybridized carbons (Fsp3) is 1.00. The van der Waals surface area contributed by atoms with Crippen molar-refractivity contribution in [1.29, 1.82) is 0 Å². The summed E-state index contributed by atoms with van der Waals surface area (Å²) in [5, 5.41) is 3.61. The summed E-state index contributed by atoms with van der Waals surface area (Å²) in [7, 11) is 0. The van der Waals surface area contributed by atoms with Gasteiger partial charge < -0.3 is 10.2 Å². The molecule has 0 aliphatic heterocycles. The molecule has 0 aromatic carbocycles. The van der Waals surface area contributed by atoms with Crippen molar-refractivity contribution in [2.75, 3.05) is 19.6 Å². The van der Waals surface area contributed by atoms with Crippen LogP contribution in [-0.2, 0) is 0 Å². The summed E-state index contributed by atoms with van der Waals surface area (Å²) in [6, 6.07) is 0.666. The summed E-state index contributed by atoms with van der Waals surface area (Å²) in [5.74, 6) is 0.716. The average Bonchev–Trinajstić information content (AvgIpc) is 2.24. The third-order valence-corrected chi connectivity index (χ3v) is 3.31. The van der Waals surface area contributed by atoms with Crippen LogP contribution >= 0.6 is 0 Å². The minimum atomic E-state index is 0.235. The molecule has 0 bridgehead atoms. The number of hydrogen-bond acceptors (Lipinski definition) is 2. The van der Waals surface area contributed by atoms with E-state index in [1.807, 2.05) is 0 Å². The Morgan fingerprint density at radius 2 is 1.67 bits per heavy atom. The first-order valence-corrected chi connectivity index (χ1v) is 7.75.